The Labute approximate surface area is 131 Å². The molecular formula is C14H23ClN4O2. The average molecular weight is 315 g/mol. The number of ether oxygens (including phenoxy) is 1. The number of nitrogens with zero attached hydrogens (tertiary/aromatic N) is 2. The summed E-state index contributed by atoms with van der Waals surface area (Å²) in [5.74, 6) is 0.539. The number of rotatable bonds is 2. The number of carbonyl (C=O) groups is 1. The molecule has 1 aliphatic heterocycles. The first-order valence-electron chi connectivity index (χ1n) is 6.82. The van der Waals surface area contributed by atoms with Crippen molar-refractivity contribution in [2.75, 3.05) is 18.5 Å². The zero-order valence-electron chi connectivity index (χ0n) is 12.7. The van der Waals surface area contributed by atoms with Gasteiger partial charge in [0.1, 0.15) is 11.4 Å². The van der Waals surface area contributed by atoms with E-state index in [4.69, 9.17) is 10.5 Å². The fourth-order valence-corrected chi connectivity index (χ4v) is 2.00. The van der Waals surface area contributed by atoms with Crippen molar-refractivity contribution in [3.05, 3.63) is 18.2 Å². The van der Waals surface area contributed by atoms with E-state index >= 15 is 0 Å². The minimum Gasteiger partial charge on any atom is -0.381 e. The van der Waals surface area contributed by atoms with Crippen molar-refractivity contribution in [3.8, 4) is 0 Å². The molecule has 0 aromatic carbocycles. The lowest BCUT2D eigenvalue weighted by Gasteiger charge is -2.31. The molecule has 0 bridgehead atoms. The maximum Gasteiger partial charge on any atom is 0.244 e. The molecule has 1 fully saturated rings. The summed E-state index contributed by atoms with van der Waals surface area (Å²) in [5.41, 5.74) is 5.71. The Morgan fingerprint density at radius 3 is 2.29 bits per heavy atom. The summed E-state index contributed by atoms with van der Waals surface area (Å²) in [4.78, 5) is 20.8. The lowest BCUT2D eigenvalue weighted by molar-refractivity contribution is -0.124. The van der Waals surface area contributed by atoms with Crippen LogP contribution in [0.5, 0.6) is 0 Å². The second-order valence-corrected chi connectivity index (χ2v) is 6.27. The predicted molar refractivity (Wildman–Crippen MR) is 83.6 cm³/mol. The van der Waals surface area contributed by atoms with E-state index in [2.05, 4.69) is 15.3 Å². The van der Waals surface area contributed by atoms with Crippen LogP contribution in [0, 0.1) is 0 Å². The quantitative estimate of drug-likeness (QED) is 0.866. The standard InChI is InChI=1S/C14H22N4O2.ClH/c1-13(2,3)11-16-8-10(9-17-11)18-12(19)14(15)4-6-20-7-5-14;/h8-9H,4-7,15H2,1-3H3,(H,18,19);1H. The molecule has 0 spiro atoms. The summed E-state index contributed by atoms with van der Waals surface area (Å²) in [6.45, 7) is 7.15. The number of carbonyl (C=O) groups excluding carboxylic acids is 1. The molecule has 0 saturated carbocycles. The van der Waals surface area contributed by atoms with Crippen LogP contribution in [0.4, 0.5) is 5.69 Å². The Kier molecular flexibility index (Phi) is 5.67. The normalized spacial score (nSPS) is 17.7. The van der Waals surface area contributed by atoms with Gasteiger partial charge in [-0.15, -0.1) is 12.4 Å². The molecule has 1 aliphatic rings. The number of amides is 1. The Morgan fingerprint density at radius 1 is 1.29 bits per heavy atom. The van der Waals surface area contributed by atoms with Gasteiger partial charge in [-0.2, -0.15) is 0 Å². The van der Waals surface area contributed by atoms with Crippen LogP contribution >= 0.6 is 12.4 Å². The molecule has 7 heteroatoms. The van der Waals surface area contributed by atoms with Crippen molar-refractivity contribution in [3.63, 3.8) is 0 Å². The molecule has 0 aliphatic carbocycles. The lowest BCUT2D eigenvalue weighted by Crippen LogP contribution is -2.54. The van der Waals surface area contributed by atoms with Gasteiger partial charge in [0.2, 0.25) is 5.91 Å². The third-order valence-corrected chi connectivity index (χ3v) is 3.42. The highest BCUT2D eigenvalue weighted by molar-refractivity contribution is 5.97. The third kappa shape index (κ3) is 4.36. The van der Waals surface area contributed by atoms with Crippen molar-refractivity contribution in [2.24, 2.45) is 5.73 Å². The van der Waals surface area contributed by atoms with Crippen molar-refractivity contribution in [2.45, 2.75) is 44.6 Å². The van der Waals surface area contributed by atoms with E-state index in [0.29, 0.717) is 31.7 Å². The Balaban J connectivity index is 0.00000220. The molecule has 0 atom stereocenters. The number of hydrogen-bond donors (Lipinski definition) is 2. The summed E-state index contributed by atoms with van der Waals surface area (Å²) < 4.78 is 5.23. The minimum atomic E-state index is -0.860. The Hall–Kier alpha value is -1.24. The van der Waals surface area contributed by atoms with E-state index in [9.17, 15) is 4.79 Å². The molecule has 2 heterocycles. The van der Waals surface area contributed by atoms with Gasteiger partial charge in [-0.05, 0) is 12.8 Å². The van der Waals surface area contributed by atoms with Gasteiger partial charge in [0.05, 0.1) is 18.1 Å². The fraction of sp³-hybridized carbons (Fsp3) is 0.643. The Morgan fingerprint density at radius 2 is 1.81 bits per heavy atom. The van der Waals surface area contributed by atoms with Gasteiger partial charge in [0, 0.05) is 18.6 Å². The molecular weight excluding hydrogens is 292 g/mol. The first-order chi connectivity index (χ1) is 9.31. The van der Waals surface area contributed by atoms with Crippen molar-refractivity contribution < 1.29 is 9.53 Å². The molecule has 0 unspecified atom stereocenters. The lowest BCUT2D eigenvalue weighted by atomic mass is 9.90. The third-order valence-electron chi connectivity index (χ3n) is 3.42. The van der Waals surface area contributed by atoms with E-state index in [-0.39, 0.29) is 23.7 Å². The maximum absolute atomic E-state index is 12.2. The second-order valence-electron chi connectivity index (χ2n) is 6.27. The van der Waals surface area contributed by atoms with Crippen LogP contribution in [0.3, 0.4) is 0 Å². The number of nitrogens with one attached hydrogen (secondary N) is 1. The van der Waals surface area contributed by atoms with Crippen LogP contribution in [-0.4, -0.2) is 34.6 Å². The number of halogens is 1. The number of hydrogen-bond acceptors (Lipinski definition) is 5. The van der Waals surface area contributed by atoms with Crippen LogP contribution in [0.1, 0.15) is 39.4 Å². The minimum absolute atomic E-state index is 0. The van der Waals surface area contributed by atoms with Gasteiger partial charge in [0.15, 0.2) is 0 Å². The average Bonchev–Trinajstić information content (AvgIpc) is 2.39. The van der Waals surface area contributed by atoms with Gasteiger partial charge < -0.3 is 15.8 Å². The smallest absolute Gasteiger partial charge is 0.244 e. The topological polar surface area (TPSA) is 90.1 Å². The Bertz CT molecular complexity index is 479. The highest BCUT2D eigenvalue weighted by Crippen LogP contribution is 2.21. The molecule has 1 amide bonds. The summed E-state index contributed by atoms with van der Waals surface area (Å²) in [7, 11) is 0. The summed E-state index contributed by atoms with van der Waals surface area (Å²) in [5, 5.41) is 2.79. The highest BCUT2D eigenvalue weighted by Gasteiger charge is 2.36. The van der Waals surface area contributed by atoms with Crippen molar-refractivity contribution in [1.82, 2.24) is 9.97 Å². The fourth-order valence-electron chi connectivity index (χ4n) is 2.00. The van der Waals surface area contributed by atoms with Crippen molar-refractivity contribution in [1.29, 1.82) is 0 Å². The highest BCUT2D eigenvalue weighted by atomic mass is 35.5. The van der Waals surface area contributed by atoms with Crippen LogP contribution < -0.4 is 11.1 Å². The molecule has 0 radical (unpaired) electrons. The molecule has 118 valence electrons. The summed E-state index contributed by atoms with van der Waals surface area (Å²) >= 11 is 0. The summed E-state index contributed by atoms with van der Waals surface area (Å²) in [6, 6.07) is 0. The largest absolute Gasteiger partial charge is 0.381 e. The predicted octanol–water partition coefficient (Wildman–Crippen LogP) is 1.64. The summed E-state index contributed by atoms with van der Waals surface area (Å²) in [6.07, 6.45) is 4.29. The van der Waals surface area contributed by atoms with E-state index in [1.807, 2.05) is 20.8 Å². The van der Waals surface area contributed by atoms with Crippen LogP contribution in [0.2, 0.25) is 0 Å². The SMILES string of the molecule is CC(C)(C)c1ncc(NC(=O)C2(N)CCOCC2)cn1.Cl. The van der Waals surface area contributed by atoms with E-state index in [1.54, 1.807) is 12.4 Å². The first kappa shape index (κ1) is 17.8. The molecule has 6 nitrogen and oxygen atoms in total. The molecule has 1 saturated heterocycles. The van der Waals surface area contributed by atoms with E-state index in [0.717, 1.165) is 5.82 Å². The first-order valence-corrected chi connectivity index (χ1v) is 6.82. The second kappa shape index (κ2) is 6.68. The molecule has 1 aromatic heterocycles. The van der Waals surface area contributed by atoms with Crippen LogP contribution in [-0.2, 0) is 14.9 Å². The monoisotopic (exact) mass is 314 g/mol. The zero-order chi connectivity index (χ0) is 14.8. The van der Waals surface area contributed by atoms with Gasteiger partial charge >= 0.3 is 0 Å². The zero-order valence-corrected chi connectivity index (χ0v) is 13.5. The maximum atomic E-state index is 12.2. The number of aromatic nitrogens is 2. The van der Waals surface area contributed by atoms with Gasteiger partial charge in [-0.25, -0.2) is 9.97 Å². The van der Waals surface area contributed by atoms with Gasteiger partial charge in [0.25, 0.3) is 0 Å². The van der Waals surface area contributed by atoms with Crippen LogP contribution in [0.25, 0.3) is 0 Å². The van der Waals surface area contributed by atoms with Crippen LogP contribution in [0.15, 0.2) is 12.4 Å². The molecule has 1 aromatic rings. The van der Waals surface area contributed by atoms with Gasteiger partial charge in [-0.3, -0.25) is 4.79 Å². The van der Waals surface area contributed by atoms with E-state index < -0.39 is 5.54 Å². The van der Waals surface area contributed by atoms with Crippen molar-refractivity contribution >= 4 is 24.0 Å². The van der Waals surface area contributed by atoms with E-state index in [1.165, 1.54) is 0 Å². The molecule has 2 rings (SSSR count). The van der Waals surface area contributed by atoms with Gasteiger partial charge in [-0.1, -0.05) is 20.8 Å². The molecule has 3 N–H and O–H groups in total. The molecule has 21 heavy (non-hydrogen) atoms. The number of nitrogens with two attached hydrogens (primary N) is 1. The number of anilines is 1.